The maximum atomic E-state index is 12.4. The Bertz CT molecular complexity index is 727. The van der Waals surface area contributed by atoms with E-state index in [1.165, 1.54) is 35.2 Å². The van der Waals surface area contributed by atoms with Gasteiger partial charge in [0.15, 0.2) is 4.34 Å². The minimum atomic E-state index is -2.97. The number of carbonyl (C=O) groups is 1. The largest absolute Gasteiger partial charge is 0.433 e. The van der Waals surface area contributed by atoms with Crippen molar-refractivity contribution in [2.24, 2.45) is 0 Å². The van der Waals surface area contributed by atoms with Crippen LogP contribution in [0.3, 0.4) is 0 Å². The molecule has 0 unspecified atom stereocenters. The fraction of sp³-hybridized carbons (Fsp3) is 0.267. The van der Waals surface area contributed by atoms with E-state index in [0.29, 0.717) is 16.0 Å². The lowest BCUT2D eigenvalue weighted by atomic mass is 10.3. The molecule has 6 nitrogen and oxygen atoms in total. The molecule has 2 aromatic rings. The SMILES string of the molecule is C=CCNc1nnc(S[C@H](C)C(=O)Nc2ccccc2OC(F)F)s1. The molecule has 1 aromatic heterocycles. The lowest BCUT2D eigenvalue weighted by Gasteiger charge is -2.14. The summed E-state index contributed by atoms with van der Waals surface area (Å²) in [5.41, 5.74) is 0.186. The van der Waals surface area contributed by atoms with Gasteiger partial charge in [-0.25, -0.2) is 0 Å². The van der Waals surface area contributed by atoms with Crippen molar-refractivity contribution >= 4 is 39.8 Å². The lowest BCUT2D eigenvalue weighted by molar-refractivity contribution is -0.115. The van der Waals surface area contributed by atoms with E-state index in [1.54, 1.807) is 25.1 Å². The van der Waals surface area contributed by atoms with Crippen LogP contribution in [0, 0.1) is 0 Å². The third-order valence-corrected chi connectivity index (χ3v) is 4.88. The monoisotopic (exact) mass is 386 g/mol. The zero-order valence-corrected chi connectivity index (χ0v) is 14.9. The predicted octanol–water partition coefficient (Wildman–Crippen LogP) is 3.86. The Morgan fingerprint density at radius 3 is 2.92 bits per heavy atom. The van der Waals surface area contributed by atoms with Gasteiger partial charge < -0.3 is 15.4 Å². The van der Waals surface area contributed by atoms with Crippen molar-refractivity contribution in [3.63, 3.8) is 0 Å². The number of hydrogen-bond donors (Lipinski definition) is 2. The van der Waals surface area contributed by atoms with Gasteiger partial charge in [0.1, 0.15) is 5.75 Å². The summed E-state index contributed by atoms with van der Waals surface area (Å²) in [7, 11) is 0. The number of thioether (sulfide) groups is 1. The Morgan fingerprint density at radius 2 is 2.20 bits per heavy atom. The normalized spacial score (nSPS) is 11.8. The third-order valence-electron chi connectivity index (χ3n) is 2.81. The maximum absolute atomic E-state index is 12.4. The molecule has 10 heteroatoms. The van der Waals surface area contributed by atoms with E-state index in [4.69, 9.17) is 0 Å². The average Bonchev–Trinajstić information content (AvgIpc) is 3.01. The van der Waals surface area contributed by atoms with Gasteiger partial charge in [0.05, 0.1) is 10.9 Å². The number of nitrogens with one attached hydrogen (secondary N) is 2. The summed E-state index contributed by atoms with van der Waals surface area (Å²) in [6, 6.07) is 6.02. The van der Waals surface area contributed by atoms with Gasteiger partial charge >= 0.3 is 6.61 Å². The van der Waals surface area contributed by atoms with Crippen LogP contribution in [-0.4, -0.2) is 34.5 Å². The van der Waals surface area contributed by atoms with Crippen LogP contribution in [0.15, 0.2) is 41.3 Å². The molecular weight excluding hydrogens is 370 g/mol. The molecule has 0 aliphatic heterocycles. The Labute approximate surface area is 151 Å². The molecule has 0 aliphatic rings. The molecule has 0 saturated carbocycles. The maximum Gasteiger partial charge on any atom is 0.387 e. The molecule has 0 aliphatic carbocycles. The van der Waals surface area contributed by atoms with Crippen LogP contribution in [0.1, 0.15) is 6.92 Å². The molecule has 1 amide bonds. The summed E-state index contributed by atoms with van der Waals surface area (Å²) in [4.78, 5) is 12.3. The van der Waals surface area contributed by atoms with E-state index in [0.717, 1.165) is 0 Å². The summed E-state index contributed by atoms with van der Waals surface area (Å²) >= 11 is 2.54. The van der Waals surface area contributed by atoms with E-state index in [9.17, 15) is 13.6 Å². The van der Waals surface area contributed by atoms with E-state index in [1.807, 2.05) is 0 Å². The number of anilines is 2. The van der Waals surface area contributed by atoms with Gasteiger partial charge in [0.2, 0.25) is 11.0 Å². The summed E-state index contributed by atoms with van der Waals surface area (Å²) in [5.74, 6) is -0.444. The molecule has 1 atom stereocenters. The van der Waals surface area contributed by atoms with Gasteiger partial charge in [-0.15, -0.1) is 16.8 Å². The second-order valence-corrected chi connectivity index (χ2v) is 7.23. The zero-order chi connectivity index (χ0) is 18.2. The number of amides is 1. The van der Waals surface area contributed by atoms with Crippen molar-refractivity contribution in [3.05, 3.63) is 36.9 Å². The van der Waals surface area contributed by atoms with Crippen molar-refractivity contribution < 1.29 is 18.3 Å². The van der Waals surface area contributed by atoms with Crippen LogP contribution in [0.25, 0.3) is 0 Å². The molecule has 0 fully saturated rings. The molecule has 1 aromatic carbocycles. The molecular formula is C15H16F2N4O2S2. The predicted molar refractivity (Wildman–Crippen MR) is 95.6 cm³/mol. The van der Waals surface area contributed by atoms with Crippen molar-refractivity contribution in [2.45, 2.75) is 23.1 Å². The number of aromatic nitrogens is 2. The number of alkyl halides is 2. The lowest BCUT2D eigenvalue weighted by Crippen LogP contribution is -2.23. The zero-order valence-electron chi connectivity index (χ0n) is 13.2. The highest BCUT2D eigenvalue weighted by atomic mass is 32.2. The second kappa shape index (κ2) is 9.33. The molecule has 0 bridgehead atoms. The van der Waals surface area contributed by atoms with Gasteiger partial charge in [0, 0.05) is 6.54 Å². The highest BCUT2D eigenvalue weighted by Crippen LogP contribution is 2.31. The van der Waals surface area contributed by atoms with Crippen molar-refractivity contribution in [3.8, 4) is 5.75 Å². The van der Waals surface area contributed by atoms with Gasteiger partial charge in [-0.1, -0.05) is 41.3 Å². The Hall–Kier alpha value is -2.20. The topological polar surface area (TPSA) is 76.1 Å². The molecule has 2 rings (SSSR count). The first-order valence-corrected chi connectivity index (χ1v) is 8.89. The van der Waals surface area contributed by atoms with E-state index >= 15 is 0 Å². The molecule has 0 spiro atoms. The van der Waals surface area contributed by atoms with Crippen LogP contribution in [0.5, 0.6) is 5.75 Å². The number of nitrogens with zero attached hydrogens (tertiary/aromatic N) is 2. The average molecular weight is 386 g/mol. The molecule has 1 heterocycles. The number of carbonyl (C=O) groups excluding carboxylic acids is 1. The van der Waals surface area contributed by atoms with E-state index < -0.39 is 11.9 Å². The number of hydrogen-bond acceptors (Lipinski definition) is 7. The fourth-order valence-electron chi connectivity index (χ4n) is 1.70. The Morgan fingerprint density at radius 1 is 1.44 bits per heavy atom. The quantitative estimate of drug-likeness (QED) is 0.504. The molecule has 2 N–H and O–H groups in total. The minimum absolute atomic E-state index is 0.0881. The van der Waals surface area contributed by atoms with Crippen LogP contribution < -0.4 is 15.4 Å². The van der Waals surface area contributed by atoms with Crippen LogP contribution in [0.2, 0.25) is 0 Å². The first-order valence-electron chi connectivity index (χ1n) is 7.19. The Balaban J connectivity index is 1.96. The summed E-state index contributed by atoms with van der Waals surface area (Å²) in [6.45, 7) is 2.89. The number of ether oxygens (including phenoxy) is 1. The summed E-state index contributed by atoms with van der Waals surface area (Å²) < 4.78 is 29.8. The Kier molecular flexibility index (Phi) is 7.14. The van der Waals surface area contributed by atoms with Gasteiger partial charge in [-0.3, -0.25) is 4.79 Å². The first-order chi connectivity index (χ1) is 12.0. The third kappa shape index (κ3) is 5.98. The van der Waals surface area contributed by atoms with Gasteiger partial charge in [-0.05, 0) is 19.1 Å². The van der Waals surface area contributed by atoms with Crippen molar-refractivity contribution in [2.75, 3.05) is 17.2 Å². The first kappa shape index (κ1) is 19.1. The number of halogens is 2. The summed E-state index contributed by atoms with van der Waals surface area (Å²) in [6.07, 6.45) is 1.70. The number of para-hydroxylation sites is 2. The number of rotatable bonds is 9. The standard InChI is InChI=1S/C15H16F2N4O2S2/c1-3-8-18-14-20-21-15(25-14)24-9(2)12(22)19-10-6-4-5-7-11(10)23-13(16)17/h3-7,9,13H,1,8H2,2H3,(H,18,20)(H,19,22)/t9-/m1/s1. The smallest absolute Gasteiger partial charge is 0.387 e. The molecule has 134 valence electrons. The van der Waals surface area contributed by atoms with Crippen LogP contribution in [-0.2, 0) is 4.79 Å². The van der Waals surface area contributed by atoms with Crippen LogP contribution >= 0.6 is 23.1 Å². The minimum Gasteiger partial charge on any atom is -0.433 e. The van der Waals surface area contributed by atoms with Gasteiger partial charge in [-0.2, -0.15) is 8.78 Å². The summed E-state index contributed by atoms with van der Waals surface area (Å²) in [5, 5.41) is 13.7. The molecule has 0 radical (unpaired) electrons. The highest BCUT2D eigenvalue weighted by Gasteiger charge is 2.19. The number of benzene rings is 1. The van der Waals surface area contributed by atoms with E-state index in [-0.39, 0.29) is 17.3 Å². The van der Waals surface area contributed by atoms with E-state index in [2.05, 4.69) is 32.1 Å². The van der Waals surface area contributed by atoms with Crippen molar-refractivity contribution in [1.82, 2.24) is 10.2 Å². The molecule has 25 heavy (non-hydrogen) atoms. The highest BCUT2D eigenvalue weighted by molar-refractivity contribution is 8.02. The van der Waals surface area contributed by atoms with Gasteiger partial charge in [0.25, 0.3) is 0 Å². The second-order valence-electron chi connectivity index (χ2n) is 4.67. The molecule has 0 saturated heterocycles. The van der Waals surface area contributed by atoms with Crippen molar-refractivity contribution in [1.29, 1.82) is 0 Å². The fourth-order valence-corrected chi connectivity index (χ4v) is 3.60. The van der Waals surface area contributed by atoms with Crippen LogP contribution in [0.4, 0.5) is 19.6 Å².